The number of benzene rings is 1. The Balaban J connectivity index is 1.78. The summed E-state index contributed by atoms with van der Waals surface area (Å²) in [5.41, 5.74) is 1.65. The molecule has 4 unspecified atom stereocenters. The molecular weight excluding hydrogens is 369 g/mol. The van der Waals surface area contributed by atoms with Gasteiger partial charge in [-0.3, -0.25) is 9.59 Å². The Morgan fingerprint density at radius 3 is 2.25 bits per heavy atom. The summed E-state index contributed by atoms with van der Waals surface area (Å²) in [4.78, 5) is 26.6. The van der Waals surface area contributed by atoms with E-state index in [0.29, 0.717) is 5.69 Å². The van der Waals surface area contributed by atoms with E-state index in [9.17, 15) is 9.59 Å². The van der Waals surface area contributed by atoms with E-state index in [0.717, 1.165) is 9.13 Å². The Hall–Kier alpha value is -1.21. The Kier molecular flexibility index (Phi) is 2.59. The van der Waals surface area contributed by atoms with Crippen molar-refractivity contribution < 1.29 is 14.3 Å². The van der Waals surface area contributed by atoms with Gasteiger partial charge in [0, 0.05) is 3.57 Å². The van der Waals surface area contributed by atoms with E-state index in [4.69, 9.17) is 4.74 Å². The average Bonchev–Trinajstić information content (AvgIpc) is 3.06. The molecule has 2 fully saturated rings. The lowest BCUT2D eigenvalue weighted by molar-refractivity contribution is -0.124. The van der Waals surface area contributed by atoms with Crippen LogP contribution in [0.4, 0.5) is 5.69 Å². The zero-order valence-corrected chi connectivity index (χ0v) is 12.9. The second-order valence-electron chi connectivity index (χ2n) is 5.44. The summed E-state index contributed by atoms with van der Waals surface area (Å²) in [6, 6.07) is 5.75. The lowest BCUT2D eigenvalue weighted by atomic mass is 9.85. The molecule has 4 rings (SSSR count). The van der Waals surface area contributed by atoms with Crippen LogP contribution in [0.15, 0.2) is 30.4 Å². The molecular formula is C15H12INO3. The van der Waals surface area contributed by atoms with Crippen LogP contribution in [0.25, 0.3) is 0 Å². The quantitative estimate of drug-likeness (QED) is 0.425. The third kappa shape index (κ3) is 1.50. The molecule has 1 aromatic carbocycles. The van der Waals surface area contributed by atoms with E-state index in [1.165, 1.54) is 4.90 Å². The summed E-state index contributed by atoms with van der Waals surface area (Å²) in [6.45, 7) is 1.93. The average molecular weight is 381 g/mol. The largest absolute Gasteiger partial charge is 0.365 e. The van der Waals surface area contributed by atoms with Crippen LogP contribution in [-0.4, -0.2) is 24.0 Å². The van der Waals surface area contributed by atoms with E-state index >= 15 is 0 Å². The molecule has 3 aliphatic rings. The van der Waals surface area contributed by atoms with Crippen LogP contribution in [0.5, 0.6) is 0 Å². The number of halogens is 1. The number of amides is 2. The predicted molar refractivity (Wildman–Crippen MR) is 81.2 cm³/mol. The fourth-order valence-electron chi connectivity index (χ4n) is 3.41. The maximum atomic E-state index is 12.6. The first-order chi connectivity index (χ1) is 9.58. The highest BCUT2D eigenvalue weighted by Crippen LogP contribution is 2.46. The molecule has 0 aromatic heterocycles. The SMILES string of the molecule is Cc1cc(I)ccc1N1C(=O)C2C3C=CC(O3)C2C1=O. The molecule has 0 radical (unpaired) electrons. The first kappa shape index (κ1) is 12.5. The summed E-state index contributed by atoms with van der Waals surface area (Å²) < 4.78 is 6.72. The van der Waals surface area contributed by atoms with Crippen LogP contribution in [0.2, 0.25) is 0 Å². The number of carbonyl (C=O) groups is 2. The van der Waals surface area contributed by atoms with Gasteiger partial charge in [0.25, 0.3) is 0 Å². The number of hydrogen-bond donors (Lipinski definition) is 0. The lowest BCUT2D eigenvalue weighted by Crippen LogP contribution is -2.34. The Morgan fingerprint density at radius 1 is 1.10 bits per heavy atom. The van der Waals surface area contributed by atoms with Gasteiger partial charge in [0.2, 0.25) is 11.8 Å². The highest BCUT2D eigenvalue weighted by atomic mass is 127. The molecule has 20 heavy (non-hydrogen) atoms. The molecule has 3 aliphatic heterocycles. The Labute approximate surface area is 129 Å². The molecule has 3 heterocycles. The lowest BCUT2D eigenvalue weighted by Gasteiger charge is -2.19. The fourth-order valence-corrected chi connectivity index (χ4v) is 4.06. The number of hydrogen-bond acceptors (Lipinski definition) is 3. The molecule has 5 heteroatoms. The number of carbonyl (C=O) groups excluding carboxylic acids is 2. The molecule has 0 spiro atoms. The van der Waals surface area contributed by atoms with Crippen molar-refractivity contribution in [3.05, 3.63) is 39.5 Å². The second-order valence-corrected chi connectivity index (χ2v) is 6.69. The van der Waals surface area contributed by atoms with Crippen molar-refractivity contribution in [1.82, 2.24) is 0 Å². The zero-order chi connectivity index (χ0) is 14.0. The van der Waals surface area contributed by atoms with E-state index in [1.807, 2.05) is 37.3 Å². The van der Waals surface area contributed by atoms with Gasteiger partial charge in [-0.1, -0.05) is 12.2 Å². The monoisotopic (exact) mass is 381 g/mol. The number of anilines is 1. The first-order valence-corrected chi connectivity index (χ1v) is 7.63. The summed E-state index contributed by atoms with van der Waals surface area (Å²) in [5.74, 6) is -0.922. The van der Waals surface area contributed by atoms with Crippen LogP contribution in [0, 0.1) is 22.3 Å². The highest BCUT2D eigenvalue weighted by Gasteiger charge is 2.61. The fraction of sp³-hybridized carbons (Fsp3) is 0.333. The van der Waals surface area contributed by atoms with Crippen molar-refractivity contribution in [2.45, 2.75) is 19.1 Å². The number of ether oxygens (including phenoxy) is 1. The summed E-state index contributed by atoms with van der Waals surface area (Å²) in [5, 5.41) is 0. The van der Waals surface area contributed by atoms with Crippen LogP contribution in [0.3, 0.4) is 0 Å². The van der Waals surface area contributed by atoms with Crippen LogP contribution in [0.1, 0.15) is 5.56 Å². The van der Waals surface area contributed by atoms with Gasteiger partial charge in [-0.05, 0) is 53.3 Å². The standard InChI is InChI=1S/C15H12INO3/c1-7-6-8(16)2-3-9(7)17-14(18)12-10-4-5-11(20-10)13(12)15(17)19/h2-6,10-13H,1H3. The minimum absolute atomic E-state index is 0.124. The van der Waals surface area contributed by atoms with Gasteiger partial charge in [-0.15, -0.1) is 0 Å². The molecule has 4 atom stereocenters. The molecule has 0 aliphatic carbocycles. The van der Waals surface area contributed by atoms with E-state index in [1.54, 1.807) is 0 Å². The molecule has 1 aromatic rings. The van der Waals surface area contributed by atoms with Crippen molar-refractivity contribution in [2.75, 3.05) is 4.90 Å². The molecule has 0 N–H and O–H groups in total. The number of aryl methyl sites for hydroxylation is 1. The van der Waals surface area contributed by atoms with Gasteiger partial charge in [0.15, 0.2) is 0 Å². The number of nitrogens with zero attached hydrogens (tertiary/aromatic N) is 1. The smallest absolute Gasteiger partial charge is 0.240 e. The van der Waals surface area contributed by atoms with Crippen molar-refractivity contribution in [2.24, 2.45) is 11.8 Å². The zero-order valence-electron chi connectivity index (χ0n) is 10.7. The van der Waals surface area contributed by atoms with Gasteiger partial charge in [-0.2, -0.15) is 0 Å². The third-order valence-electron chi connectivity index (χ3n) is 4.31. The van der Waals surface area contributed by atoms with Crippen LogP contribution >= 0.6 is 22.6 Å². The molecule has 4 nitrogen and oxygen atoms in total. The summed E-state index contributed by atoms with van der Waals surface area (Å²) in [7, 11) is 0. The molecule has 0 saturated carbocycles. The molecule has 2 bridgehead atoms. The minimum Gasteiger partial charge on any atom is -0.365 e. The van der Waals surface area contributed by atoms with Gasteiger partial charge in [0.1, 0.15) is 0 Å². The van der Waals surface area contributed by atoms with E-state index in [2.05, 4.69) is 22.6 Å². The minimum atomic E-state index is -0.337. The Morgan fingerprint density at radius 2 is 1.70 bits per heavy atom. The van der Waals surface area contributed by atoms with E-state index < -0.39 is 0 Å². The van der Waals surface area contributed by atoms with Gasteiger partial charge < -0.3 is 4.74 Å². The topological polar surface area (TPSA) is 46.6 Å². The highest BCUT2D eigenvalue weighted by molar-refractivity contribution is 14.1. The normalized spacial score (nSPS) is 34.2. The van der Waals surface area contributed by atoms with Crippen molar-refractivity contribution in [3.63, 3.8) is 0 Å². The van der Waals surface area contributed by atoms with E-state index in [-0.39, 0.29) is 35.9 Å². The summed E-state index contributed by atoms with van der Waals surface area (Å²) >= 11 is 2.22. The molecule has 2 amide bonds. The van der Waals surface area contributed by atoms with Gasteiger partial charge in [0.05, 0.1) is 29.7 Å². The summed E-state index contributed by atoms with van der Waals surface area (Å²) in [6.07, 6.45) is 3.36. The van der Waals surface area contributed by atoms with Gasteiger partial charge in [-0.25, -0.2) is 4.90 Å². The van der Waals surface area contributed by atoms with Gasteiger partial charge >= 0.3 is 0 Å². The molecule has 102 valence electrons. The van der Waals surface area contributed by atoms with Crippen molar-refractivity contribution >= 4 is 40.1 Å². The van der Waals surface area contributed by atoms with Crippen LogP contribution in [-0.2, 0) is 14.3 Å². The third-order valence-corrected chi connectivity index (χ3v) is 4.98. The predicted octanol–water partition coefficient (Wildman–Crippen LogP) is 2.04. The first-order valence-electron chi connectivity index (χ1n) is 6.55. The molecule has 2 saturated heterocycles. The maximum Gasteiger partial charge on any atom is 0.240 e. The number of rotatable bonds is 1. The van der Waals surface area contributed by atoms with Crippen molar-refractivity contribution in [1.29, 1.82) is 0 Å². The van der Waals surface area contributed by atoms with Crippen molar-refractivity contribution in [3.8, 4) is 0 Å². The number of fused-ring (bicyclic) bond motifs is 5. The number of imide groups is 1. The maximum absolute atomic E-state index is 12.6. The van der Waals surface area contributed by atoms with Crippen LogP contribution < -0.4 is 4.90 Å². The Bertz CT molecular complexity index is 639. The second kappa shape index (κ2) is 4.14.